The molecule has 1 N–H and O–H groups in total. The summed E-state index contributed by atoms with van der Waals surface area (Å²) in [4.78, 5) is 25.2. The fourth-order valence-electron chi connectivity index (χ4n) is 2.85. The fraction of sp³-hybridized carbons (Fsp3) is 0.176. The molecule has 0 atom stereocenters. The molecular weight excluding hydrogens is 406 g/mol. The standard InChI is InChI=1S/C17H14BrN5O.ClH/c1-10-7-12-14(13(18)8-10)21-17(23-6-5-20-15(12)23)22-16(24)11-3-2-4-19-9-11;/h2-4,7-9,20H,5-6H2,1H3;1H. The largest absolute Gasteiger partial charge is 0.369 e. The Hall–Kier alpha value is -2.25. The lowest BCUT2D eigenvalue weighted by atomic mass is 10.1. The lowest BCUT2D eigenvalue weighted by Gasteiger charge is -2.10. The number of rotatable bonds is 1. The van der Waals surface area contributed by atoms with E-state index in [9.17, 15) is 4.79 Å². The maximum atomic E-state index is 12.4. The number of benzene rings is 1. The first-order valence-corrected chi connectivity index (χ1v) is 8.36. The summed E-state index contributed by atoms with van der Waals surface area (Å²) in [6.45, 7) is 3.55. The van der Waals surface area contributed by atoms with Gasteiger partial charge < -0.3 is 5.32 Å². The number of pyridine rings is 1. The zero-order valence-corrected chi connectivity index (χ0v) is 15.8. The predicted octanol–water partition coefficient (Wildman–Crippen LogP) is 3.09. The van der Waals surface area contributed by atoms with Crippen molar-refractivity contribution < 1.29 is 4.79 Å². The van der Waals surface area contributed by atoms with Crippen LogP contribution in [0.5, 0.6) is 0 Å². The molecular formula is C17H15BrClN5O. The van der Waals surface area contributed by atoms with Crippen molar-refractivity contribution in [2.75, 3.05) is 11.9 Å². The number of hydrogen-bond donors (Lipinski definition) is 1. The lowest BCUT2D eigenvalue weighted by Crippen LogP contribution is -2.25. The van der Waals surface area contributed by atoms with Gasteiger partial charge in [-0.3, -0.25) is 14.3 Å². The van der Waals surface area contributed by atoms with E-state index in [-0.39, 0.29) is 18.3 Å². The van der Waals surface area contributed by atoms with E-state index >= 15 is 0 Å². The number of nitrogens with one attached hydrogen (secondary N) is 1. The molecule has 25 heavy (non-hydrogen) atoms. The summed E-state index contributed by atoms with van der Waals surface area (Å²) >= 11 is 3.57. The highest BCUT2D eigenvalue weighted by Crippen LogP contribution is 2.29. The van der Waals surface area contributed by atoms with Crippen LogP contribution in [0.15, 0.2) is 46.1 Å². The predicted molar refractivity (Wildman–Crippen MR) is 102 cm³/mol. The molecule has 0 saturated heterocycles. The number of carbonyl (C=O) groups is 1. The van der Waals surface area contributed by atoms with Crippen LogP contribution in [0.1, 0.15) is 15.9 Å². The quantitative estimate of drug-likeness (QED) is 0.657. The Morgan fingerprint density at radius 2 is 2.24 bits per heavy atom. The zero-order chi connectivity index (χ0) is 16.7. The Morgan fingerprint density at radius 1 is 1.40 bits per heavy atom. The van der Waals surface area contributed by atoms with Gasteiger partial charge in [0, 0.05) is 35.3 Å². The summed E-state index contributed by atoms with van der Waals surface area (Å²) in [7, 11) is 0. The van der Waals surface area contributed by atoms with Gasteiger partial charge in [0.2, 0.25) is 5.62 Å². The Kier molecular flexibility index (Phi) is 4.87. The van der Waals surface area contributed by atoms with E-state index in [1.165, 1.54) is 6.20 Å². The van der Waals surface area contributed by atoms with Gasteiger partial charge in [-0.15, -0.1) is 12.4 Å². The van der Waals surface area contributed by atoms with E-state index in [4.69, 9.17) is 0 Å². The van der Waals surface area contributed by atoms with Gasteiger partial charge in [-0.25, -0.2) is 4.98 Å². The third kappa shape index (κ3) is 3.17. The van der Waals surface area contributed by atoms with Crippen LogP contribution in [0.3, 0.4) is 0 Å². The van der Waals surface area contributed by atoms with Crippen molar-refractivity contribution in [1.82, 2.24) is 14.5 Å². The summed E-state index contributed by atoms with van der Waals surface area (Å²) < 4.78 is 2.84. The molecule has 128 valence electrons. The Morgan fingerprint density at radius 3 is 3.00 bits per heavy atom. The third-order valence-corrected chi connectivity index (χ3v) is 4.53. The molecule has 1 aliphatic rings. The van der Waals surface area contributed by atoms with Crippen LogP contribution in [-0.4, -0.2) is 27.0 Å². The second-order valence-electron chi connectivity index (χ2n) is 5.64. The molecule has 0 unspecified atom stereocenters. The number of nitrogens with zero attached hydrogens (tertiary/aromatic N) is 4. The summed E-state index contributed by atoms with van der Waals surface area (Å²) in [6.07, 6.45) is 3.14. The molecule has 3 aromatic rings. The summed E-state index contributed by atoms with van der Waals surface area (Å²) in [5.41, 5.74) is 2.78. The first kappa shape index (κ1) is 17.6. The van der Waals surface area contributed by atoms with Crippen LogP contribution in [0.4, 0.5) is 5.82 Å². The Bertz CT molecular complexity index is 1030. The van der Waals surface area contributed by atoms with Gasteiger partial charge in [-0.05, 0) is 52.7 Å². The Balaban J connectivity index is 0.00000182. The molecule has 1 amide bonds. The number of aryl methyl sites for hydroxylation is 1. The molecule has 8 heteroatoms. The monoisotopic (exact) mass is 419 g/mol. The molecule has 2 aromatic heterocycles. The van der Waals surface area contributed by atoms with Crippen LogP contribution in [0, 0.1) is 6.92 Å². The average Bonchev–Trinajstić information content (AvgIpc) is 3.07. The minimum absolute atomic E-state index is 0. The maximum Gasteiger partial charge on any atom is 0.281 e. The first-order chi connectivity index (χ1) is 11.6. The van der Waals surface area contributed by atoms with Gasteiger partial charge in [0.1, 0.15) is 5.82 Å². The smallest absolute Gasteiger partial charge is 0.281 e. The Labute approximate surface area is 158 Å². The van der Waals surface area contributed by atoms with Crippen molar-refractivity contribution in [1.29, 1.82) is 0 Å². The topological polar surface area (TPSA) is 72.2 Å². The lowest BCUT2D eigenvalue weighted by molar-refractivity contribution is 0.0996. The van der Waals surface area contributed by atoms with Crippen LogP contribution in [-0.2, 0) is 6.54 Å². The molecule has 0 radical (unpaired) electrons. The summed E-state index contributed by atoms with van der Waals surface area (Å²) in [5, 5.41) is 4.39. The zero-order valence-electron chi connectivity index (χ0n) is 13.4. The van der Waals surface area contributed by atoms with Crippen molar-refractivity contribution in [3.05, 3.63) is 57.9 Å². The average molecular weight is 421 g/mol. The van der Waals surface area contributed by atoms with Crippen molar-refractivity contribution >= 4 is 51.0 Å². The molecule has 3 heterocycles. The van der Waals surface area contributed by atoms with Crippen molar-refractivity contribution in [2.24, 2.45) is 4.99 Å². The number of amides is 1. The highest BCUT2D eigenvalue weighted by atomic mass is 79.9. The molecule has 0 saturated carbocycles. The number of carbonyl (C=O) groups excluding carboxylic acids is 1. The van der Waals surface area contributed by atoms with E-state index in [2.05, 4.69) is 42.3 Å². The van der Waals surface area contributed by atoms with Gasteiger partial charge in [0.15, 0.2) is 0 Å². The van der Waals surface area contributed by atoms with Gasteiger partial charge >= 0.3 is 0 Å². The van der Waals surface area contributed by atoms with E-state index in [1.807, 2.05) is 17.6 Å². The molecule has 4 rings (SSSR count). The maximum absolute atomic E-state index is 12.4. The van der Waals surface area contributed by atoms with Crippen molar-refractivity contribution in [3.63, 3.8) is 0 Å². The minimum atomic E-state index is -0.347. The van der Waals surface area contributed by atoms with E-state index in [1.54, 1.807) is 18.3 Å². The van der Waals surface area contributed by atoms with Crippen LogP contribution < -0.4 is 10.9 Å². The normalized spacial score (nSPS) is 13.3. The van der Waals surface area contributed by atoms with Gasteiger partial charge in [0.05, 0.1) is 11.1 Å². The third-order valence-electron chi connectivity index (χ3n) is 3.92. The highest BCUT2D eigenvalue weighted by Gasteiger charge is 2.17. The van der Waals surface area contributed by atoms with Crippen molar-refractivity contribution in [2.45, 2.75) is 13.5 Å². The second-order valence-corrected chi connectivity index (χ2v) is 6.49. The van der Waals surface area contributed by atoms with Gasteiger partial charge in [-0.1, -0.05) is 0 Å². The minimum Gasteiger partial charge on any atom is -0.369 e. The van der Waals surface area contributed by atoms with Crippen LogP contribution in [0.2, 0.25) is 0 Å². The van der Waals surface area contributed by atoms with E-state index in [0.29, 0.717) is 11.2 Å². The van der Waals surface area contributed by atoms with E-state index in [0.717, 1.165) is 39.8 Å². The van der Waals surface area contributed by atoms with Gasteiger partial charge in [-0.2, -0.15) is 4.99 Å². The summed E-state index contributed by atoms with van der Waals surface area (Å²) in [6, 6.07) is 7.51. The van der Waals surface area contributed by atoms with Crippen LogP contribution >= 0.6 is 28.3 Å². The summed E-state index contributed by atoms with van der Waals surface area (Å²) in [5.74, 6) is 0.599. The molecule has 1 aromatic carbocycles. The van der Waals surface area contributed by atoms with Gasteiger partial charge in [0.25, 0.3) is 5.91 Å². The molecule has 1 aliphatic heterocycles. The molecule has 6 nitrogen and oxygen atoms in total. The number of halogens is 2. The second kappa shape index (κ2) is 6.93. The molecule has 0 aliphatic carbocycles. The van der Waals surface area contributed by atoms with E-state index < -0.39 is 0 Å². The SMILES string of the molecule is Cc1cc(Br)c2nc(=NC(=O)c3cccnc3)n3c(c2c1)NCC3.Cl. The number of aromatic nitrogens is 3. The van der Waals surface area contributed by atoms with Crippen LogP contribution in [0.25, 0.3) is 10.9 Å². The fourth-order valence-corrected chi connectivity index (χ4v) is 3.52. The molecule has 0 spiro atoms. The number of fused-ring (bicyclic) bond motifs is 3. The van der Waals surface area contributed by atoms with Crippen molar-refractivity contribution in [3.8, 4) is 0 Å². The molecule has 0 bridgehead atoms. The first-order valence-electron chi connectivity index (χ1n) is 7.57. The number of hydrogen-bond acceptors (Lipinski definition) is 4. The number of anilines is 1. The highest BCUT2D eigenvalue weighted by molar-refractivity contribution is 9.10. The molecule has 0 fully saturated rings.